The van der Waals surface area contributed by atoms with Crippen molar-refractivity contribution in [2.45, 2.75) is 20.9 Å². The monoisotopic (exact) mass is 360 g/mol. The molecular weight excluding hydrogens is 348 g/mol. The van der Waals surface area contributed by atoms with Crippen LogP contribution in [0.2, 0.25) is 5.02 Å². The number of aromatic nitrogens is 2. The van der Waals surface area contributed by atoms with Crippen LogP contribution < -0.4 is 11.1 Å². The van der Waals surface area contributed by atoms with Gasteiger partial charge >= 0.3 is 0 Å². The minimum absolute atomic E-state index is 0.146. The SMILES string of the molecule is CSc1nnc(SC(C)C(=O)Nc2ccc(N)cc2Cl)s1. The van der Waals surface area contributed by atoms with Crippen molar-refractivity contribution in [1.82, 2.24) is 10.2 Å². The van der Waals surface area contributed by atoms with Gasteiger partial charge in [0, 0.05) is 5.69 Å². The molecule has 1 aromatic heterocycles. The summed E-state index contributed by atoms with van der Waals surface area (Å²) in [6, 6.07) is 4.98. The van der Waals surface area contributed by atoms with E-state index < -0.39 is 0 Å². The Balaban J connectivity index is 1.99. The molecule has 0 aliphatic rings. The normalized spacial score (nSPS) is 12.1. The molecule has 112 valence electrons. The maximum absolute atomic E-state index is 12.2. The predicted octanol–water partition coefficient (Wildman–Crippen LogP) is 3.61. The number of hydrogen-bond acceptors (Lipinski definition) is 7. The lowest BCUT2D eigenvalue weighted by Gasteiger charge is -2.11. The van der Waals surface area contributed by atoms with Crippen molar-refractivity contribution in [3.8, 4) is 0 Å². The predicted molar refractivity (Wildman–Crippen MR) is 91.5 cm³/mol. The number of benzene rings is 1. The van der Waals surface area contributed by atoms with E-state index in [9.17, 15) is 4.79 Å². The van der Waals surface area contributed by atoms with Crippen molar-refractivity contribution in [3.05, 3.63) is 23.2 Å². The maximum atomic E-state index is 12.2. The number of carbonyl (C=O) groups is 1. The molecule has 9 heteroatoms. The first kappa shape index (κ1) is 16.4. The number of rotatable bonds is 5. The van der Waals surface area contributed by atoms with Gasteiger partial charge in [0.05, 0.1) is 16.0 Å². The highest BCUT2D eigenvalue weighted by atomic mass is 35.5. The maximum Gasteiger partial charge on any atom is 0.237 e. The van der Waals surface area contributed by atoms with Gasteiger partial charge in [-0.25, -0.2) is 0 Å². The quantitative estimate of drug-likeness (QED) is 0.626. The number of nitrogens with one attached hydrogen (secondary N) is 1. The number of carbonyl (C=O) groups excluding carboxylic acids is 1. The smallest absolute Gasteiger partial charge is 0.237 e. The van der Waals surface area contributed by atoms with Crippen molar-refractivity contribution in [2.24, 2.45) is 0 Å². The van der Waals surface area contributed by atoms with Crippen LogP contribution in [0.4, 0.5) is 11.4 Å². The molecule has 1 amide bonds. The van der Waals surface area contributed by atoms with Gasteiger partial charge in [-0.15, -0.1) is 10.2 Å². The summed E-state index contributed by atoms with van der Waals surface area (Å²) in [5.41, 5.74) is 6.72. The van der Waals surface area contributed by atoms with Gasteiger partial charge in [0.25, 0.3) is 0 Å². The fourth-order valence-electron chi connectivity index (χ4n) is 1.40. The average Bonchev–Trinajstić information content (AvgIpc) is 2.89. The van der Waals surface area contributed by atoms with E-state index in [1.165, 1.54) is 34.9 Å². The van der Waals surface area contributed by atoms with E-state index in [0.717, 1.165) is 8.68 Å². The number of thioether (sulfide) groups is 2. The lowest BCUT2D eigenvalue weighted by atomic mass is 10.2. The van der Waals surface area contributed by atoms with Gasteiger partial charge < -0.3 is 11.1 Å². The van der Waals surface area contributed by atoms with Crippen molar-refractivity contribution in [2.75, 3.05) is 17.3 Å². The molecule has 0 aliphatic carbocycles. The van der Waals surface area contributed by atoms with Crippen LogP contribution in [0, 0.1) is 0 Å². The second-order valence-electron chi connectivity index (χ2n) is 4.03. The molecule has 5 nitrogen and oxygen atoms in total. The summed E-state index contributed by atoms with van der Waals surface area (Å²) in [4.78, 5) is 12.2. The molecule has 0 saturated heterocycles. The number of anilines is 2. The zero-order chi connectivity index (χ0) is 15.4. The molecule has 0 radical (unpaired) electrons. The molecule has 2 rings (SSSR count). The third kappa shape index (κ3) is 4.50. The van der Waals surface area contributed by atoms with Gasteiger partial charge in [-0.3, -0.25) is 4.79 Å². The van der Waals surface area contributed by atoms with E-state index in [1.807, 2.05) is 13.2 Å². The van der Waals surface area contributed by atoms with Crippen LogP contribution in [0.3, 0.4) is 0 Å². The molecule has 2 aromatic rings. The molecule has 0 spiro atoms. The second-order valence-corrected chi connectivity index (χ2v) is 8.05. The van der Waals surface area contributed by atoms with Crippen molar-refractivity contribution in [1.29, 1.82) is 0 Å². The molecular formula is C12H13ClN4OS3. The second kappa shape index (κ2) is 7.35. The van der Waals surface area contributed by atoms with E-state index in [1.54, 1.807) is 18.2 Å². The molecule has 1 unspecified atom stereocenters. The van der Waals surface area contributed by atoms with Crippen LogP contribution in [-0.4, -0.2) is 27.6 Å². The van der Waals surface area contributed by atoms with Gasteiger partial charge in [-0.2, -0.15) is 0 Å². The van der Waals surface area contributed by atoms with Crippen molar-refractivity contribution in [3.63, 3.8) is 0 Å². The summed E-state index contributed by atoms with van der Waals surface area (Å²) < 4.78 is 1.65. The molecule has 1 aromatic carbocycles. The fourth-order valence-corrected chi connectivity index (χ4v) is 4.22. The van der Waals surface area contributed by atoms with E-state index in [2.05, 4.69) is 15.5 Å². The molecule has 0 saturated carbocycles. The zero-order valence-corrected chi connectivity index (χ0v) is 14.5. The average molecular weight is 361 g/mol. The van der Waals surface area contributed by atoms with Crippen LogP contribution in [0.15, 0.2) is 26.9 Å². The highest BCUT2D eigenvalue weighted by molar-refractivity contribution is 8.03. The zero-order valence-electron chi connectivity index (χ0n) is 11.3. The minimum Gasteiger partial charge on any atom is -0.399 e. The Kier molecular flexibility index (Phi) is 5.74. The van der Waals surface area contributed by atoms with Crippen LogP contribution in [0.1, 0.15) is 6.92 Å². The molecule has 1 atom stereocenters. The Morgan fingerprint density at radius 2 is 2.14 bits per heavy atom. The van der Waals surface area contributed by atoms with Gasteiger partial charge in [-0.1, -0.05) is 46.5 Å². The van der Waals surface area contributed by atoms with Crippen molar-refractivity contribution < 1.29 is 4.79 Å². The first-order chi connectivity index (χ1) is 9.99. The summed E-state index contributed by atoms with van der Waals surface area (Å²) in [7, 11) is 0. The van der Waals surface area contributed by atoms with Gasteiger partial charge in [-0.05, 0) is 31.4 Å². The summed E-state index contributed by atoms with van der Waals surface area (Å²) in [6.45, 7) is 1.81. The molecule has 3 N–H and O–H groups in total. The number of hydrogen-bond donors (Lipinski definition) is 2. The lowest BCUT2D eigenvalue weighted by Crippen LogP contribution is -2.22. The van der Waals surface area contributed by atoms with E-state index in [0.29, 0.717) is 16.4 Å². The third-order valence-corrected chi connectivity index (χ3v) is 5.86. The number of amides is 1. The van der Waals surface area contributed by atoms with Crippen LogP contribution in [0.5, 0.6) is 0 Å². The Morgan fingerprint density at radius 3 is 2.76 bits per heavy atom. The standard InChI is InChI=1S/C12H13ClN4OS3/c1-6(20-12-17-16-11(19-2)21-12)10(18)15-9-4-3-7(14)5-8(9)13/h3-6H,14H2,1-2H3,(H,15,18). The van der Waals surface area contributed by atoms with Crippen LogP contribution in [0.25, 0.3) is 0 Å². The highest BCUT2D eigenvalue weighted by Crippen LogP contribution is 2.31. The van der Waals surface area contributed by atoms with Crippen molar-refractivity contribution >= 4 is 63.7 Å². The number of nitrogen functional groups attached to an aromatic ring is 1. The number of halogens is 1. The third-order valence-electron chi connectivity index (χ3n) is 2.46. The Hall–Kier alpha value is -0.960. The van der Waals surface area contributed by atoms with Crippen LogP contribution >= 0.6 is 46.5 Å². The first-order valence-corrected chi connectivity index (χ1v) is 9.19. The first-order valence-electron chi connectivity index (χ1n) is 5.89. The Morgan fingerprint density at radius 1 is 1.43 bits per heavy atom. The number of nitrogens with two attached hydrogens (primary N) is 1. The van der Waals surface area contributed by atoms with E-state index in [4.69, 9.17) is 17.3 Å². The Bertz CT molecular complexity index is 649. The largest absolute Gasteiger partial charge is 0.399 e. The topological polar surface area (TPSA) is 80.9 Å². The summed E-state index contributed by atoms with van der Waals surface area (Å²) in [6.07, 6.45) is 1.94. The van der Waals surface area contributed by atoms with E-state index in [-0.39, 0.29) is 11.2 Å². The molecule has 21 heavy (non-hydrogen) atoms. The molecule has 0 aliphatic heterocycles. The highest BCUT2D eigenvalue weighted by Gasteiger charge is 2.18. The molecule has 0 bridgehead atoms. The minimum atomic E-state index is -0.304. The molecule has 1 heterocycles. The summed E-state index contributed by atoms with van der Waals surface area (Å²) in [5, 5.41) is 10.9. The number of nitrogens with zero attached hydrogens (tertiary/aromatic N) is 2. The van der Waals surface area contributed by atoms with Crippen LogP contribution in [-0.2, 0) is 4.79 Å². The summed E-state index contributed by atoms with van der Waals surface area (Å²) >= 11 is 10.4. The van der Waals surface area contributed by atoms with Gasteiger partial charge in [0.2, 0.25) is 5.91 Å². The van der Waals surface area contributed by atoms with E-state index >= 15 is 0 Å². The Labute approximate surface area is 140 Å². The molecule has 0 fully saturated rings. The van der Waals surface area contributed by atoms with Gasteiger partial charge in [0.15, 0.2) is 8.68 Å². The van der Waals surface area contributed by atoms with Gasteiger partial charge in [0.1, 0.15) is 0 Å². The lowest BCUT2D eigenvalue weighted by molar-refractivity contribution is -0.115. The fraction of sp³-hybridized carbons (Fsp3) is 0.250. The summed E-state index contributed by atoms with van der Waals surface area (Å²) in [5.74, 6) is -0.146.